The van der Waals surface area contributed by atoms with Gasteiger partial charge in [-0.1, -0.05) is 0 Å². The molecule has 28 heavy (non-hydrogen) atoms. The molecular formula is C20H21F3N4O. The Balaban J connectivity index is 0.000000169. The molecule has 3 N–H and O–H groups in total. The minimum atomic E-state index is -4.24. The van der Waals surface area contributed by atoms with E-state index in [0.29, 0.717) is 12.1 Å². The van der Waals surface area contributed by atoms with Gasteiger partial charge in [0.15, 0.2) is 0 Å². The second-order valence-electron chi connectivity index (χ2n) is 6.64. The summed E-state index contributed by atoms with van der Waals surface area (Å²) < 4.78 is 36.0. The average Bonchev–Trinajstić information content (AvgIpc) is 3.41. The van der Waals surface area contributed by atoms with Gasteiger partial charge in [-0.2, -0.15) is 13.2 Å². The van der Waals surface area contributed by atoms with Crippen LogP contribution in [-0.2, 0) is 17.4 Å². The van der Waals surface area contributed by atoms with Gasteiger partial charge in [-0.25, -0.2) is 4.98 Å². The number of carbonyl (C=O) groups excluding carboxylic acids is 1. The summed E-state index contributed by atoms with van der Waals surface area (Å²) in [7, 11) is 1.66. The molecular weight excluding hydrogens is 369 g/mol. The molecule has 1 amide bonds. The van der Waals surface area contributed by atoms with Crippen molar-refractivity contribution < 1.29 is 18.0 Å². The number of nitrogens with zero attached hydrogens (tertiary/aromatic N) is 1. The first kappa shape index (κ1) is 19.7. The number of H-pyrrole nitrogens is 1. The number of halogens is 3. The highest BCUT2D eigenvalue weighted by molar-refractivity contribution is 5.94. The summed E-state index contributed by atoms with van der Waals surface area (Å²) in [6, 6.07) is 8.94. The number of nitrogens with one attached hydrogen (secondary N) is 3. The Morgan fingerprint density at radius 3 is 2.46 bits per heavy atom. The van der Waals surface area contributed by atoms with Gasteiger partial charge in [-0.05, 0) is 61.6 Å². The Labute approximate surface area is 160 Å². The summed E-state index contributed by atoms with van der Waals surface area (Å²) in [4.78, 5) is 18.0. The van der Waals surface area contributed by atoms with Crippen LogP contribution in [0.2, 0.25) is 0 Å². The van der Waals surface area contributed by atoms with Gasteiger partial charge >= 0.3 is 6.18 Å². The topological polar surface area (TPSA) is 69.8 Å². The molecule has 0 aliphatic heterocycles. The third kappa shape index (κ3) is 5.03. The van der Waals surface area contributed by atoms with Crippen LogP contribution < -0.4 is 10.6 Å². The molecule has 0 saturated heterocycles. The zero-order chi connectivity index (χ0) is 20.1. The van der Waals surface area contributed by atoms with E-state index >= 15 is 0 Å². The highest BCUT2D eigenvalue weighted by atomic mass is 19.4. The third-order valence-corrected chi connectivity index (χ3v) is 4.51. The lowest BCUT2D eigenvalue weighted by molar-refractivity contribution is -0.137. The Hall–Kier alpha value is -3.03. The molecule has 148 valence electrons. The Bertz CT molecular complexity index is 931. The van der Waals surface area contributed by atoms with Crippen LogP contribution in [-0.4, -0.2) is 23.4 Å². The number of amides is 1. The van der Waals surface area contributed by atoms with E-state index in [4.69, 9.17) is 0 Å². The van der Waals surface area contributed by atoms with Crippen molar-refractivity contribution in [3.05, 3.63) is 53.9 Å². The molecule has 0 atom stereocenters. The van der Waals surface area contributed by atoms with E-state index in [1.54, 1.807) is 13.2 Å². The van der Waals surface area contributed by atoms with Crippen molar-refractivity contribution in [1.82, 2.24) is 9.97 Å². The first-order valence-electron chi connectivity index (χ1n) is 8.93. The minimum absolute atomic E-state index is 0.624. The fraction of sp³-hybridized carbons (Fsp3) is 0.300. The molecule has 5 nitrogen and oxygen atoms in total. The molecule has 1 saturated carbocycles. The van der Waals surface area contributed by atoms with Crippen molar-refractivity contribution in [3.8, 4) is 0 Å². The van der Waals surface area contributed by atoms with Crippen LogP contribution in [0.15, 0.2) is 42.6 Å². The molecule has 8 heteroatoms. The SMILES string of the molecule is CNc1ccc(C(F)(F)F)cc1.O=CNc1c[nH]c2nc(CC3CC3)ccc12. The van der Waals surface area contributed by atoms with Crippen molar-refractivity contribution in [2.45, 2.75) is 25.4 Å². The summed E-state index contributed by atoms with van der Waals surface area (Å²) in [5, 5.41) is 6.35. The van der Waals surface area contributed by atoms with Crippen molar-refractivity contribution in [2.24, 2.45) is 5.92 Å². The van der Waals surface area contributed by atoms with Crippen LogP contribution in [0.4, 0.5) is 24.5 Å². The number of benzene rings is 1. The largest absolute Gasteiger partial charge is 0.416 e. The van der Waals surface area contributed by atoms with Crippen molar-refractivity contribution in [2.75, 3.05) is 17.7 Å². The van der Waals surface area contributed by atoms with E-state index in [-0.39, 0.29) is 0 Å². The van der Waals surface area contributed by atoms with E-state index < -0.39 is 11.7 Å². The second kappa shape index (κ2) is 8.33. The number of hydrogen-bond donors (Lipinski definition) is 3. The maximum Gasteiger partial charge on any atom is 0.416 e. The number of carbonyl (C=O) groups is 1. The predicted octanol–water partition coefficient (Wildman–Crippen LogP) is 4.83. The van der Waals surface area contributed by atoms with Crippen molar-refractivity contribution in [3.63, 3.8) is 0 Å². The summed E-state index contributed by atoms with van der Waals surface area (Å²) >= 11 is 0. The number of aromatic amines is 1. The first-order valence-corrected chi connectivity index (χ1v) is 8.93. The number of aromatic nitrogens is 2. The minimum Gasteiger partial charge on any atom is -0.388 e. The molecule has 0 bridgehead atoms. The molecule has 2 aromatic heterocycles. The van der Waals surface area contributed by atoms with Gasteiger partial charge in [0.25, 0.3) is 0 Å². The lowest BCUT2D eigenvalue weighted by Crippen LogP contribution is -2.04. The van der Waals surface area contributed by atoms with Crippen LogP contribution in [0.5, 0.6) is 0 Å². The zero-order valence-electron chi connectivity index (χ0n) is 15.3. The van der Waals surface area contributed by atoms with Crippen LogP contribution in [0.1, 0.15) is 24.1 Å². The van der Waals surface area contributed by atoms with E-state index in [9.17, 15) is 18.0 Å². The van der Waals surface area contributed by atoms with Crippen LogP contribution in [0, 0.1) is 5.92 Å². The quantitative estimate of drug-likeness (QED) is 0.547. The zero-order valence-corrected chi connectivity index (χ0v) is 15.3. The maximum atomic E-state index is 12.0. The molecule has 0 spiro atoms. The number of alkyl halides is 3. The molecule has 0 radical (unpaired) electrons. The van der Waals surface area contributed by atoms with Gasteiger partial charge in [0.05, 0.1) is 11.3 Å². The van der Waals surface area contributed by atoms with Gasteiger partial charge in [0.2, 0.25) is 6.41 Å². The summed E-state index contributed by atoms with van der Waals surface area (Å²) in [6.45, 7) is 0. The number of fused-ring (bicyclic) bond motifs is 1. The van der Waals surface area contributed by atoms with Crippen LogP contribution in [0.25, 0.3) is 11.0 Å². The Morgan fingerprint density at radius 1 is 1.18 bits per heavy atom. The molecule has 1 fully saturated rings. The normalized spacial score (nSPS) is 13.6. The smallest absolute Gasteiger partial charge is 0.388 e. The van der Waals surface area contributed by atoms with Crippen LogP contribution in [0.3, 0.4) is 0 Å². The Morgan fingerprint density at radius 2 is 1.89 bits per heavy atom. The predicted molar refractivity (Wildman–Crippen MR) is 103 cm³/mol. The fourth-order valence-corrected chi connectivity index (χ4v) is 2.79. The summed E-state index contributed by atoms with van der Waals surface area (Å²) in [5.41, 5.74) is 2.82. The number of rotatable bonds is 5. The maximum absolute atomic E-state index is 12.0. The molecule has 1 aromatic carbocycles. The van der Waals surface area contributed by atoms with Gasteiger partial charge in [-0.3, -0.25) is 4.79 Å². The molecule has 2 heterocycles. The molecule has 4 rings (SSSR count). The lowest BCUT2D eigenvalue weighted by atomic mass is 10.2. The molecule has 1 aliphatic carbocycles. The Kier molecular flexibility index (Phi) is 5.87. The first-order chi connectivity index (χ1) is 13.4. The second-order valence-corrected chi connectivity index (χ2v) is 6.64. The van der Waals surface area contributed by atoms with Gasteiger partial charge < -0.3 is 15.6 Å². The standard InChI is InChI=1S/C12H13N3O.C8H8F3N/c16-7-14-11-6-13-12-10(11)4-3-9(15-12)5-8-1-2-8;1-12-7-4-2-6(3-5-7)8(9,10)11/h3-4,6-8H,1-2,5H2,(H,13,15)(H,14,16);2-5,12H,1H3. The molecule has 1 aliphatic rings. The van der Waals surface area contributed by atoms with E-state index in [1.165, 1.54) is 25.0 Å². The van der Waals surface area contributed by atoms with Crippen molar-refractivity contribution >= 4 is 28.8 Å². The van der Waals surface area contributed by atoms with E-state index in [2.05, 4.69) is 20.6 Å². The summed E-state index contributed by atoms with van der Waals surface area (Å²) in [6.07, 6.45) is 1.95. The fourth-order valence-electron chi connectivity index (χ4n) is 2.79. The lowest BCUT2D eigenvalue weighted by Gasteiger charge is -2.06. The van der Waals surface area contributed by atoms with Crippen molar-refractivity contribution in [1.29, 1.82) is 0 Å². The highest BCUT2D eigenvalue weighted by Gasteiger charge is 2.29. The van der Waals surface area contributed by atoms with Gasteiger partial charge in [0, 0.05) is 30.0 Å². The van der Waals surface area contributed by atoms with Gasteiger partial charge in [0.1, 0.15) is 5.65 Å². The van der Waals surface area contributed by atoms with E-state index in [1.807, 2.05) is 12.1 Å². The number of anilines is 2. The van der Waals surface area contributed by atoms with Gasteiger partial charge in [-0.15, -0.1) is 0 Å². The molecule has 3 aromatic rings. The average molecular weight is 390 g/mol. The number of hydrogen-bond acceptors (Lipinski definition) is 3. The highest BCUT2D eigenvalue weighted by Crippen LogP contribution is 2.33. The monoisotopic (exact) mass is 390 g/mol. The third-order valence-electron chi connectivity index (χ3n) is 4.51. The molecule has 0 unspecified atom stereocenters. The van der Waals surface area contributed by atoms with E-state index in [0.717, 1.165) is 46.9 Å². The van der Waals surface area contributed by atoms with Crippen LogP contribution >= 0.6 is 0 Å². The number of pyridine rings is 1. The summed E-state index contributed by atoms with van der Waals surface area (Å²) in [5.74, 6) is 0.840.